The molecule has 170 valence electrons. The summed E-state index contributed by atoms with van der Waals surface area (Å²) in [7, 11) is -7.39. The Morgan fingerprint density at radius 3 is 2.30 bits per heavy atom. The van der Waals surface area contributed by atoms with Gasteiger partial charge in [-0.15, -0.1) is 0 Å². The molecular weight excluding hydrogens is 458 g/mol. The van der Waals surface area contributed by atoms with Crippen molar-refractivity contribution in [2.45, 2.75) is 35.6 Å². The first kappa shape index (κ1) is 21.8. The summed E-state index contributed by atoms with van der Waals surface area (Å²) in [5, 5.41) is 0.820. The fourth-order valence-electron chi connectivity index (χ4n) is 4.42. The second-order valence-corrected chi connectivity index (χ2v) is 12.3. The molecule has 0 spiro atoms. The van der Waals surface area contributed by atoms with E-state index in [4.69, 9.17) is 5.73 Å². The smallest absolute Gasteiger partial charge is 0.268 e. The summed E-state index contributed by atoms with van der Waals surface area (Å²) < 4.78 is 52.7. The Hall–Kier alpha value is -3.01. The van der Waals surface area contributed by atoms with Crippen molar-refractivity contribution in [3.63, 3.8) is 0 Å². The predicted molar refractivity (Wildman–Crippen MR) is 127 cm³/mol. The van der Waals surface area contributed by atoms with Crippen LogP contribution < -0.4 is 5.73 Å². The Labute approximate surface area is 192 Å². The Morgan fingerprint density at radius 2 is 1.67 bits per heavy atom. The largest absolute Gasteiger partial charge is 0.324 e. The Morgan fingerprint density at radius 1 is 0.970 bits per heavy atom. The van der Waals surface area contributed by atoms with E-state index in [1.807, 2.05) is 19.1 Å². The summed E-state index contributed by atoms with van der Waals surface area (Å²) in [5.41, 5.74) is 10.6. The number of rotatable bonds is 4. The minimum absolute atomic E-state index is 0.0715. The van der Waals surface area contributed by atoms with E-state index in [1.54, 1.807) is 30.3 Å². The number of benzene rings is 2. The first-order chi connectivity index (χ1) is 15.6. The van der Waals surface area contributed by atoms with E-state index >= 15 is 0 Å². The molecule has 2 aromatic carbocycles. The normalized spacial score (nSPS) is 16.3. The highest BCUT2D eigenvalue weighted by Gasteiger charge is 2.29. The van der Waals surface area contributed by atoms with E-state index in [9.17, 15) is 16.8 Å². The first-order valence-corrected chi connectivity index (χ1v) is 13.8. The molecular formula is C24H23N3O4S2. The van der Waals surface area contributed by atoms with E-state index in [0.29, 0.717) is 16.9 Å². The molecule has 0 unspecified atom stereocenters. The third-order valence-corrected chi connectivity index (χ3v) is 9.02. The summed E-state index contributed by atoms with van der Waals surface area (Å²) in [4.78, 5) is 4.55. The summed E-state index contributed by atoms with van der Waals surface area (Å²) in [5.74, 6) is 0. The Balaban J connectivity index is 1.81. The molecule has 33 heavy (non-hydrogen) atoms. The summed E-state index contributed by atoms with van der Waals surface area (Å²) in [6.45, 7) is 1.90. The van der Waals surface area contributed by atoms with Crippen molar-refractivity contribution < 1.29 is 16.8 Å². The van der Waals surface area contributed by atoms with Gasteiger partial charge >= 0.3 is 0 Å². The second kappa shape index (κ2) is 7.51. The van der Waals surface area contributed by atoms with Crippen LogP contribution in [0.3, 0.4) is 0 Å². The molecule has 0 saturated heterocycles. The minimum atomic E-state index is -3.96. The standard InChI is InChI=1S/C24H23N3O4S2/c1-15-3-5-16(6-4-15)33(30,31)27-23-12-9-19-18(8-10-21(19)25)20(23)13-24(27)22-11-7-17(14-26-22)32(2,28)29/h3-7,9,11-14,21H,8,10,25H2,1-2H3/t21-/m0/s1. The molecule has 1 atom stereocenters. The monoisotopic (exact) mass is 481 g/mol. The van der Waals surface area contributed by atoms with Crippen LogP contribution in [-0.4, -0.2) is 32.0 Å². The highest BCUT2D eigenvalue weighted by atomic mass is 32.2. The van der Waals surface area contributed by atoms with Crippen LogP contribution in [0.5, 0.6) is 0 Å². The van der Waals surface area contributed by atoms with Gasteiger partial charge in [-0.2, -0.15) is 0 Å². The van der Waals surface area contributed by atoms with Gasteiger partial charge in [-0.3, -0.25) is 4.98 Å². The molecule has 0 radical (unpaired) electrons. The highest BCUT2D eigenvalue weighted by molar-refractivity contribution is 7.90. The van der Waals surface area contributed by atoms with Gasteiger partial charge in [0.2, 0.25) is 0 Å². The molecule has 2 N–H and O–H groups in total. The van der Waals surface area contributed by atoms with Gasteiger partial charge in [0.05, 0.1) is 26.7 Å². The molecule has 0 saturated carbocycles. The summed E-state index contributed by atoms with van der Waals surface area (Å²) in [6, 6.07) is 15.1. The minimum Gasteiger partial charge on any atom is -0.324 e. The van der Waals surface area contributed by atoms with Crippen molar-refractivity contribution >= 4 is 30.8 Å². The van der Waals surface area contributed by atoms with Gasteiger partial charge in [-0.05, 0) is 67.3 Å². The van der Waals surface area contributed by atoms with Gasteiger partial charge in [0.25, 0.3) is 10.0 Å². The molecule has 0 amide bonds. The maximum atomic E-state index is 13.8. The number of nitrogens with zero attached hydrogens (tertiary/aromatic N) is 2. The molecule has 4 aromatic rings. The van der Waals surface area contributed by atoms with Crippen LogP contribution in [0, 0.1) is 6.92 Å². The third-order valence-electron chi connectivity index (χ3n) is 6.18. The molecule has 7 nitrogen and oxygen atoms in total. The Bertz CT molecular complexity index is 1600. The maximum Gasteiger partial charge on any atom is 0.268 e. The van der Waals surface area contributed by atoms with E-state index < -0.39 is 19.9 Å². The number of fused-ring (bicyclic) bond motifs is 3. The number of aromatic nitrogens is 2. The quantitative estimate of drug-likeness (QED) is 0.477. The van der Waals surface area contributed by atoms with Gasteiger partial charge in [0.1, 0.15) is 0 Å². The fraction of sp³-hybridized carbons (Fsp3) is 0.208. The van der Waals surface area contributed by atoms with Gasteiger partial charge < -0.3 is 5.73 Å². The molecule has 1 aliphatic rings. The molecule has 5 rings (SSSR count). The van der Waals surface area contributed by atoms with Crippen molar-refractivity contribution in [1.29, 1.82) is 0 Å². The lowest BCUT2D eigenvalue weighted by atomic mass is 10.0. The van der Waals surface area contributed by atoms with E-state index in [-0.39, 0.29) is 15.8 Å². The van der Waals surface area contributed by atoms with Crippen molar-refractivity contribution in [2.24, 2.45) is 5.73 Å². The molecule has 0 fully saturated rings. The highest BCUT2D eigenvalue weighted by Crippen LogP contribution is 2.39. The van der Waals surface area contributed by atoms with Crippen LogP contribution in [0.2, 0.25) is 0 Å². The number of hydrogen-bond donors (Lipinski definition) is 1. The molecule has 9 heteroatoms. The van der Waals surface area contributed by atoms with E-state index in [2.05, 4.69) is 4.98 Å². The lowest BCUT2D eigenvalue weighted by Gasteiger charge is -2.13. The Kier molecular flexibility index (Phi) is 4.97. The van der Waals surface area contributed by atoms with Crippen LogP contribution in [-0.2, 0) is 26.3 Å². The zero-order chi connectivity index (χ0) is 23.5. The number of sulfone groups is 1. The number of pyridine rings is 1. The topological polar surface area (TPSA) is 112 Å². The van der Waals surface area contributed by atoms with Crippen LogP contribution in [0.25, 0.3) is 22.3 Å². The van der Waals surface area contributed by atoms with Crippen LogP contribution >= 0.6 is 0 Å². The van der Waals surface area contributed by atoms with Crippen LogP contribution in [0.1, 0.15) is 29.2 Å². The summed E-state index contributed by atoms with van der Waals surface area (Å²) >= 11 is 0. The van der Waals surface area contributed by atoms with Gasteiger partial charge in [-0.1, -0.05) is 23.8 Å². The number of aryl methyl sites for hydroxylation is 2. The van der Waals surface area contributed by atoms with Crippen molar-refractivity contribution in [3.8, 4) is 11.4 Å². The van der Waals surface area contributed by atoms with Crippen molar-refractivity contribution in [3.05, 3.63) is 77.5 Å². The van der Waals surface area contributed by atoms with E-state index in [1.165, 1.54) is 22.3 Å². The molecule has 0 aliphatic heterocycles. The SMILES string of the molecule is Cc1ccc(S(=O)(=O)n2c(-c3ccc(S(C)(=O)=O)cn3)cc3c4c(ccc32)[C@@H](N)CC4)cc1. The molecule has 2 heterocycles. The lowest BCUT2D eigenvalue weighted by molar-refractivity contribution is 0.589. The average molecular weight is 482 g/mol. The lowest BCUT2D eigenvalue weighted by Crippen LogP contribution is -2.14. The van der Waals surface area contributed by atoms with E-state index in [0.717, 1.165) is 41.2 Å². The predicted octanol–water partition coefficient (Wildman–Crippen LogP) is 3.60. The molecule has 0 bridgehead atoms. The zero-order valence-electron chi connectivity index (χ0n) is 18.2. The van der Waals surface area contributed by atoms with Crippen molar-refractivity contribution in [1.82, 2.24) is 8.96 Å². The van der Waals surface area contributed by atoms with Gasteiger partial charge in [0.15, 0.2) is 9.84 Å². The van der Waals surface area contributed by atoms with Crippen molar-refractivity contribution in [2.75, 3.05) is 6.26 Å². The third kappa shape index (κ3) is 3.56. The number of hydrogen-bond acceptors (Lipinski definition) is 6. The fourth-order valence-corrected chi connectivity index (χ4v) is 6.49. The molecule has 1 aliphatic carbocycles. The van der Waals surface area contributed by atoms with Gasteiger partial charge in [-0.25, -0.2) is 20.8 Å². The van der Waals surface area contributed by atoms with Crippen LogP contribution in [0.4, 0.5) is 0 Å². The first-order valence-electron chi connectivity index (χ1n) is 10.5. The summed E-state index contributed by atoms with van der Waals surface area (Å²) in [6.07, 6.45) is 3.93. The molecule has 2 aromatic heterocycles. The second-order valence-electron chi connectivity index (χ2n) is 8.47. The maximum absolute atomic E-state index is 13.8. The van der Waals surface area contributed by atoms with Gasteiger partial charge in [0, 0.05) is 23.9 Å². The zero-order valence-corrected chi connectivity index (χ0v) is 19.8. The van der Waals surface area contributed by atoms with Crippen LogP contribution in [0.15, 0.2) is 70.6 Å². The average Bonchev–Trinajstić information content (AvgIpc) is 3.35. The number of nitrogens with two attached hydrogens (primary N) is 1.